The van der Waals surface area contributed by atoms with Crippen LogP contribution in [0.2, 0.25) is 0 Å². The van der Waals surface area contributed by atoms with E-state index in [1.54, 1.807) is 0 Å². The van der Waals surface area contributed by atoms with Crippen LogP contribution in [0.15, 0.2) is 30.3 Å². The zero-order valence-electron chi connectivity index (χ0n) is 12.2. The number of hydrogen-bond acceptors (Lipinski definition) is 4. The summed E-state index contributed by atoms with van der Waals surface area (Å²) in [4.78, 5) is 23.6. The maximum absolute atomic E-state index is 11.9. The molecular weight excluding hydrogens is 282 g/mol. The Labute approximate surface area is 129 Å². The number of benzene rings is 1. The van der Waals surface area contributed by atoms with Crippen molar-refractivity contribution >= 4 is 12.0 Å². The number of carbonyl (C=O) groups is 2. The van der Waals surface area contributed by atoms with Gasteiger partial charge in [-0.2, -0.15) is 5.26 Å². The fourth-order valence-electron chi connectivity index (χ4n) is 2.17. The normalized spacial score (nSPS) is 14.5. The molecule has 6 nitrogen and oxygen atoms in total. The van der Waals surface area contributed by atoms with Gasteiger partial charge in [0.2, 0.25) is 5.91 Å². The lowest BCUT2D eigenvalue weighted by Crippen LogP contribution is -2.36. The molecule has 1 atom stereocenters. The molecule has 2 amide bonds. The summed E-state index contributed by atoms with van der Waals surface area (Å²) in [5, 5.41) is 13.7. The van der Waals surface area contributed by atoms with Gasteiger partial charge in [0.1, 0.15) is 13.2 Å². The van der Waals surface area contributed by atoms with E-state index in [0.29, 0.717) is 6.54 Å². The minimum absolute atomic E-state index is 0.0255. The first-order chi connectivity index (χ1) is 10.7. The van der Waals surface area contributed by atoms with Crippen molar-refractivity contribution in [3.8, 4) is 6.07 Å². The molecule has 1 aliphatic carbocycles. The van der Waals surface area contributed by atoms with Gasteiger partial charge in [-0.05, 0) is 24.3 Å². The third-order valence-corrected chi connectivity index (χ3v) is 3.54. The molecule has 1 aromatic rings. The first kappa shape index (κ1) is 15.8. The molecule has 0 heterocycles. The number of ether oxygens (including phenoxy) is 1. The van der Waals surface area contributed by atoms with Crippen LogP contribution in [0, 0.1) is 23.2 Å². The number of nitrogens with one attached hydrogen (secondary N) is 2. The van der Waals surface area contributed by atoms with E-state index in [1.807, 2.05) is 36.4 Å². The first-order valence-corrected chi connectivity index (χ1v) is 7.30. The zero-order valence-corrected chi connectivity index (χ0v) is 12.2. The minimum Gasteiger partial charge on any atom is -0.449 e. The van der Waals surface area contributed by atoms with Gasteiger partial charge in [0.15, 0.2) is 0 Å². The summed E-state index contributed by atoms with van der Waals surface area (Å²) >= 11 is 0. The van der Waals surface area contributed by atoms with Crippen LogP contribution in [0.3, 0.4) is 0 Å². The number of alkyl carbamates (subject to hydrolysis) is 1. The molecule has 0 aromatic heterocycles. The summed E-state index contributed by atoms with van der Waals surface area (Å²) in [6.45, 7) is 0.402. The first-order valence-electron chi connectivity index (χ1n) is 7.30. The number of hydrogen-bond donors (Lipinski definition) is 2. The highest BCUT2D eigenvalue weighted by Gasteiger charge is 2.36. The van der Waals surface area contributed by atoms with E-state index in [4.69, 9.17) is 10.00 Å². The zero-order chi connectivity index (χ0) is 15.8. The Kier molecular flexibility index (Phi) is 5.78. The van der Waals surface area contributed by atoms with E-state index in [-0.39, 0.29) is 30.9 Å². The summed E-state index contributed by atoms with van der Waals surface area (Å²) in [7, 11) is 0. The highest BCUT2D eigenvalue weighted by atomic mass is 16.5. The van der Waals surface area contributed by atoms with Gasteiger partial charge in [-0.3, -0.25) is 4.79 Å². The van der Waals surface area contributed by atoms with Gasteiger partial charge in [-0.15, -0.1) is 0 Å². The van der Waals surface area contributed by atoms with Crippen molar-refractivity contribution in [3.63, 3.8) is 0 Å². The highest BCUT2D eigenvalue weighted by molar-refractivity contribution is 5.80. The van der Waals surface area contributed by atoms with Crippen molar-refractivity contribution in [2.45, 2.75) is 19.4 Å². The molecule has 2 rings (SSSR count). The third-order valence-electron chi connectivity index (χ3n) is 3.54. The van der Waals surface area contributed by atoms with E-state index >= 15 is 0 Å². The quantitative estimate of drug-likeness (QED) is 0.748. The van der Waals surface area contributed by atoms with Crippen molar-refractivity contribution in [1.29, 1.82) is 5.26 Å². The van der Waals surface area contributed by atoms with Gasteiger partial charge in [-0.25, -0.2) is 4.79 Å². The molecule has 22 heavy (non-hydrogen) atoms. The highest BCUT2D eigenvalue weighted by Crippen LogP contribution is 2.37. The molecule has 1 aromatic carbocycles. The van der Waals surface area contributed by atoms with E-state index in [2.05, 4.69) is 10.6 Å². The predicted octanol–water partition coefficient (Wildman–Crippen LogP) is 1.58. The molecule has 0 saturated heterocycles. The lowest BCUT2D eigenvalue weighted by atomic mass is 10.0. The number of nitrogens with zero attached hydrogens (tertiary/aromatic N) is 1. The maximum Gasteiger partial charge on any atom is 0.407 e. The van der Waals surface area contributed by atoms with Crippen LogP contribution in [0.4, 0.5) is 4.79 Å². The summed E-state index contributed by atoms with van der Waals surface area (Å²) in [6, 6.07) is 11.4. The Bertz CT molecular complexity index is 550. The van der Waals surface area contributed by atoms with Crippen molar-refractivity contribution in [2.24, 2.45) is 11.8 Å². The number of carbonyl (C=O) groups excluding carboxylic acids is 2. The summed E-state index contributed by atoms with van der Waals surface area (Å²) < 4.78 is 5.13. The molecule has 6 heteroatoms. The summed E-state index contributed by atoms with van der Waals surface area (Å²) in [5.41, 5.74) is 0.977. The second-order valence-corrected chi connectivity index (χ2v) is 5.26. The van der Waals surface area contributed by atoms with Gasteiger partial charge in [0.05, 0.1) is 12.0 Å². The molecule has 0 bridgehead atoms. The van der Waals surface area contributed by atoms with Gasteiger partial charge in [-0.1, -0.05) is 30.3 Å². The fraction of sp³-hybridized carbons (Fsp3) is 0.438. The molecule has 2 N–H and O–H groups in total. The number of nitriles is 1. The van der Waals surface area contributed by atoms with E-state index in [1.165, 1.54) is 0 Å². The summed E-state index contributed by atoms with van der Waals surface area (Å²) in [5.74, 6) is -0.337. The topological polar surface area (TPSA) is 91.2 Å². The molecule has 116 valence electrons. The van der Waals surface area contributed by atoms with E-state index in [9.17, 15) is 9.59 Å². The molecule has 1 unspecified atom stereocenters. The van der Waals surface area contributed by atoms with E-state index < -0.39 is 6.09 Å². The Balaban J connectivity index is 1.73. The van der Waals surface area contributed by atoms with Crippen LogP contribution in [0.1, 0.15) is 18.4 Å². The van der Waals surface area contributed by atoms with Crippen molar-refractivity contribution in [3.05, 3.63) is 35.9 Å². The third kappa shape index (κ3) is 5.09. The molecule has 0 aliphatic heterocycles. The molecule has 1 saturated carbocycles. The van der Waals surface area contributed by atoms with Gasteiger partial charge in [0.25, 0.3) is 0 Å². The smallest absolute Gasteiger partial charge is 0.407 e. The number of rotatable bonds is 7. The van der Waals surface area contributed by atoms with Crippen LogP contribution in [-0.2, 0) is 16.1 Å². The molecule has 1 aliphatic rings. The van der Waals surface area contributed by atoms with Gasteiger partial charge < -0.3 is 15.4 Å². The summed E-state index contributed by atoms with van der Waals surface area (Å²) in [6.07, 6.45) is 1.38. The monoisotopic (exact) mass is 301 g/mol. The Morgan fingerprint density at radius 2 is 2.00 bits per heavy atom. The average molecular weight is 301 g/mol. The van der Waals surface area contributed by atoms with Crippen LogP contribution >= 0.6 is 0 Å². The molecular formula is C16H19N3O3. The molecule has 1 fully saturated rings. The SMILES string of the molecule is N#CCNC(=O)C(COC(=O)NCc1ccccc1)C1CC1. The Hall–Kier alpha value is -2.55. The second-order valence-electron chi connectivity index (χ2n) is 5.26. The van der Waals surface area contributed by atoms with Crippen LogP contribution in [0.25, 0.3) is 0 Å². The van der Waals surface area contributed by atoms with Gasteiger partial charge >= 0.3 is 6.09 Å². The maximum atomic E-state index is 11.9. The predicted molar refractivity (Wildman–Crippen MR) is 79.5 cm³/mol. The minimum atomic E-state index is -0.539. The fourth-order valence-corrected chi connectivity index (χ4v) is 2.17. The Morgan fingerprint density at radius 1 is 1.27 bits per heavy atom. The average Bonchev–Trinajstić information content (AvgIpc) is 3.37. The largest absolute Gasteiger partial charge is 0.449 e. The van der Waals surface area contributed by atoms with Crippen molar-refractivity contribution in [2.75, 3.05) is 13.2 Å². The Morgan fingerprint density at radius 3 is 2.64 bits per heavy atom. The van der Waals surface area contributed by atoms with Crippen molar-refractivity contribution in [1.82, 2.24) is 10.6 Å². The standard InChI is InChI=1S/C16H19N3O3/c17-8-9-18-15(20)14(13-6-7-13)11-22-16(21)19-10-12-4-2-1-3-5-12/h1-5,13-14H,6-7,9-11H2,(H,18,20)(H,19,21). The second kappa shape index (κ2) is 8.03. The van der Waals surface area contributed by atoms with Crippen LogP contribution in [-0.4, -0.2) is 25.2 Å². The van der Waals surface area contributed by atoms with Crippen molar-refractivity contribution < 1.29 is 14.3 Å². The number of amides is 2. The van der Waals surface area contributed by atoms with Crippen LogP contribution < -0.4 is 10.6 Å². The molecule has 0 spiro atoms. The lowest BCUT2D eigenvalue weighted by Gasteiger charge is -2.15. The van der Waals surface area contributed by atoms with E-state index in [0.717, 1.165) is 18.4 Å². The molecule has 0 radical (unpaired) electrons. The van der Waals surface area contributed by atoms with Crippen LogP contribution in [0.5, 0.6) is 0 Å². The lowest BCUT2D eigenvalue weighted by molar-refractivity contribution is -0.126. The van der Waals surface area contributed by atoms with Gasteiger partial charge in [0, 0.05) is 6.54 Å².